The van der Waals surface area contributed by atoms with E-state index in [4.69, 9.17) is 10.2 Å². The predicted octanol–water partition coefficient (Wildman–Crippen LogP) is 5.08. The number of aliphatic carboxylic acids is 1. The molecule has 0 saturated carbocycles. The summed E-state index contributed by atoms with van der Waals surface area (Å²) in [4.78, 5) is 17.7. The van der Waals surface area contributed by atoms with E-state index in [1.807, 2.05) is 10.7 Å². The third-order valence-corrected chi connectivity index (χ3v) is 8.43. The lowest BCUT2D eigenvalue weighted by Gasteiger charge is -2.41. The van der Waals surface area contributed by atoms with E-state index in [-0.39, 0.29) is 6.42 Å². The number of aryl methyl sites for hydroxylation is 1. The summed E-state index contributed by atoms with van der Waals surface area (Å²) in [6.45, 7) is 3.94. The van der Waals surface area contributed by atoms with Gasteiger partial charge in [-0.25, -0.2) is 4.52 Å². The molecule has 3 N–H and O–H groups in total. The number of unbranched alkanes of at least 4 members (excludes halogenated alkanes) is 1. The van der Waals surface area contributed by atoms with Crippen LogP contribution in [0.1, 0.15) is 43.1 Å². The number of carboxylic acid groups (broad SMARTS) is 1. The lowest BCUT2D eigenvalue weighted by Crippen LogP contribution is -2.38. The van der Waals surface area contributed by atoms with Crippen molar-refractivity contribution in [2.75, 3.05) is 24.6 Å². The molecule has 10 heteroatoms. The van der Waals surface area contributed by atoms with E-state index in [0.717, 1.165) is 50.9 Å². The Morgan fingerprint density at radius 1 is 1.18 bits per heavy atom. The highest BCUT2D eigenvalue weighted by Gasteiger charge is 2.25. The van der Waals surface area contributed by atoms with Crippen molar-refractivity contribution in [2.45, 2.75) is 45.6 Å². The number of nitrogens with zero attached hydrogens (tertiary/aromatic N) is 4. The molecule has 0 spiro atoms. The molecule has 1 saturated heterocycles. The van der Waals surface area contributed by atoms with Crippen molar-refractivity contribution >= 4 is 38.0 Å². The van der Waals surface area contributed by atoms with E-state index >= 15 is 0 Å². The Morgan fingerprint density at radius 3 is 2.62 bits per heavy atom. The molecule has 0 radical (unpaired) electrons. The Bertz CT molecular complexity index is 1170. The van der Waals surface area contributed by atoms with Crippen LogP contribution in [0.4, 0.5) is 0 Å². The second-order valence-electron chi connectivity index (χ2n) is 8.75. The van der Waals surface area contributed by atoms with Gasteiger partial charge in [-0.1, -0.05) is 6.92 Å². The number of pyridine rings is 1. The smallest absolute Gasteiger partial charge is 0.303 e. The lowest BCUT2D eigenvalue weighted by molar-refractivity contribution is -0.137. The van der Waals surface area contributed by atoms with Crippen molar-refractivity contribution in [3.63, 3.8) is 0 Å². The van der Waals surface area contributed by atoms with Crippen molar-refractivity contribution in [2.24, 2.45) is 0 Å². The van der Waals surface area contributed by atoms with Gasteiger partial charge in [0, 0.05) is 59.7 Å². The average molecular weight is 552 g/mol. The summed E-state index contributed by atoms with van der Waals surface area (Å²) in [5, 5.41) is 14.2. The lowest BCUT2D eigenvalue weighted by atomic mass is 9.95. The molecule has 184 valence electrons. The van der Waals surface area contributed by atoms with Gasteiger partial charge in [0.2, 0.25) is 0 Å². The molecule has 1 fully saturated rings. The van der Waals surface area contributed by atoms with Crippen LogP contribution < -0.4 is 0 Å². The third-order valence-electron chi connectivity index (χ3n) is 6.33. The van der Waals surface area contributed by atoms with Gasteiger partial charge in [0.15, 0.2) is 0 Å². The summed E-state index contributed by atoms with van der Waals surface area (Å²) in [6, 6.07) is 6.26. The molecule has 0 bridgehead atoms. The van der Waals surface area contributed by atoms with Gasteiger partial charge in [0.1, 0.15) is 0 Å². The molecule has 4 heterocycles. The minimum Gasteiger partial charge on any atom is -0.481 e. The van der Waals surface area contributed by atoms with Crippen LogP contribution in [0.2, 0.25) is 0 Å². The molecular formula is C24H31BrN4O4S. The molecule has 0 aliphatic carbocycles. The maximum atomic E-state index is 11.1. The van der Waals surface area contributed by atoms with Crippen molar-refractivity contribution < 1.29 is 19.0 Å². The minimum absolute atomic E-state index is 0.147. The van der Waals surface area contributed by atoms with Crippen LogP contribution in [0, 0.1) is 0 Å². The number of carbonyl (C=O) groups is 1. The van der Waals surface area contributed by atoms with Crippen LogP contribution in [0.5, 0.6) is 0 Å². The zero-order valence-electron chi connectivity index (χ0n) is 19.3. The highest BCUT2D eigenvalue weighted by molar-refractivity contribution is 9.10. The van der Waals surface area contributed by atoms with E-state index in [9.17, 15) is 13.9 Å². The number of carboxylic acids is 1. The fourth-order valence-corrected chi connectivity index (χ4v) is 6.18. The van der Waals surface area contributed by atoms with E-state index in [2.05, 4.69) is 50.9 Å². The number of hydrogen-bond donors (Lipinski definition) is 3. The van der Waals surface area contributed by atoms with Crippen LogP contribution in [-0.4, -0.2) is 64.3 Å². The zero-order valence-corrected chi connectivity index (χ0v) is 21.7. The van der Waals surface area contributed by atoms with Crippen molar-refractivity contribution in [1.82, 2.24) is 19.5 Å². The molecule has 1 aliphatic heterocycles. The summed E-state index contributed by atoms with van der Waals surface area (Å²) >= 11 is 3.55. The van der Waals surface area contributed by atoms with Crippen molar-refractivity contribution in [3.05, 3.63) is 52.0 Å². The van der Waals surface area contributed by atoms with Gasteiger partial charge < -0.3 is 5.11 Å². The maximum Gasteiger partial charge on any atom is 0.303 e. The van der Waals surface area contributed by atoms with Gasteiger partial charge in [-0.05, 0) is 65.4 Å². The monoisotopic (exact) mass is 550 g/mol. The first-order chi connectivity index (χ1) is 16.3. The first kappa shape index (κ1) is 25.1. The van der Waals surface area contributed by atoms with E-state index in [1.54, 1.807) is 6.20 Å². The minimum atomic E-state index is -2.47. The topological polar surface area (TPSA) is 111 Å². The van der Waals surface area contributed by atoms with E-state index in [1.165, 1.54) is 0 Å². The first-order valence-corrected chi connectivity index (χ1v) is 14.3. The fourth-order valence-electron chi connectivity index (χ4n) is 4.51. The summed E-state index contributed by atoms with van der Waals surface area (Å²) in [6.07, 6.45) is 6.67. The Hall–Kier alpha value is -1.98. The van der Waals surface area contributed by atoms with Crippen LogP contribution >= 0.6 is 26.5 Å². The van der Waals surface area contributed by atoms with Crippen LogP contribution in [-0.2, 0) is 24.2 Å². The molecule has 3 aromatic rings. The molecule has 4 rings (SSSR count). The highest BCUT2D eigenvalue weighted by atomic mass is 79.9. The van der Waals surface area contributed by atoms with Crippen molar-refractivity contribution in [3.8, 4) is 11.1 Å². The second kappa shape index (κ2) is 10.7. The summed E-state index contributed by atoms with van der Waals surface area (Å²) in [5.74, 6) is -0.0123. The summed E-state index contributed by atoms with van der Waals surface area (Å²) in [7, 11) is -2.47. The molecule has 0 atom stereocenters. The Labute approximate surface area is 209 Å². The zero-order chi connectivity index (χ0) is 24.3. The maximum absolute atomic E-state index is 11.1. The molecule has 8 nitrogen and oxygen atoms in total. The molecule has 1 aliphatic rings. The van der Waals surface area contributed by atoms with Gasteiger partial charge in [-0.2, -0.15) is 15.7 Å². The van der Waals surface area contributed by atoms with Gasteiger partial charge >= 0.3 is 5.97 Å². The fraction of sp³-hybridized carbons (Fsp3) is 0.458. The predicted molar refractivity (Wildman–Crippen MR) is 139 cm³/mol. The second-order valence-corrected chi connectivity index (χ2v) is 12.1. The third kappa shape index (κ3) is 5.80. The van der Waals surface area contributed by atoms with Gasteiger partial charge in [0.05, 0.1) is 22.7 Å². The molecule has 3 aromatic heterocycles. The number of halogens is 1. The van der Waals surface area contributed by atoms with E-state index in [0.29, 0.717) is 44.0 Å². The number of hydrogen-bond acceptors (Lipinski definition) is 6. The van der Waals surface area contributed by atoms with Gasteiger partial charge in [-0.3, -0.25) is 23.8 Å². The molecule has 0 aromatic carbocycles. The van der Waals surface area contributed by atoms with Gasteiger partial charge in [0.25, 0.3) is 0 Å². The van der Waals surface area contributed by atoms with Crippen LogP contribution in [0.3, 0.4) is 0 Å². The molecule has 0 unspecified atom stereocenters. The molecule has 34 heavy (non-hydrogen) atoms. The SMILES string of the molecule is CCc1ccc2c(-c3cncc(Br)c3)c(CCCCC(=O)O)c(CN3CCS(O)(O)CC3)nn12. The number of fused-ring (bicyclic) bond motifs is 1. The normalized spacial score (nSPS) is 17.2. The van der Waals surface area contributed by atoms with Crippen molar-refractivity contribution in [1.29, 1.82) is 0 Å². The first-order valence-electron chi connectivity index (χ1n) is 11.6. The van der Waals surface area contributed by atoms with Crippen LogP contribution in [0.15, 0.2) is 35.1 Å². The van der Waals surface area contributed by atoms with Gasteiger partial charge in [-0.15, -0.1) is 0 Å². The summed E-state index contributed by atoms with van der Waals surface area (Å²) < 4.78 is 23.0. The average Bonchev–Trinajstić information content (AvgIpc) is 3.20. The number of aromatic nitrogens is 3. The highest BCUT2D eigenvalue weighted by Crippen LogP contribution is 2.41. The number of rotatable bonds is 9. The Kier molecular flexibility index (Phi) is 7.94. The Balaban J connectivity index is 1.80. The van der Waals surface area contributed by atoms with E-state index < -0.39 is 16.6 Å². The Morgan fingerprint density at radius 2 is 1.94 bits per heavy atom. The molecular weight excluding hydrogens is 520 g/mol. The standard InChI is InChI=1S/C24H31BrN4O4S/c1-2-19-7-8-22-24(17-13-18(25)15-26-14-17)20(5-3-4-6-23(30)31)21(27-29(19)22)16-28-9-11-34(32,33)12-10-28/h7-8,13-15,32-33H,2-6,9-12,16H2,1H3,(H,30,31). The summed E-state index contributed by atoms with van der Waals surface area (Å²) in [5.41, 5.74) is 6.25. The molecule has 0 amide bonds. The van der Waals surface area contributed by atoms with Crippen LogP contribution in [0.25, 0.3) is 16.6 Å². The largest absolute Gasteiger partial charge is 0.481 e. The quantitative estimate of drug-likeness (QED) is 0.318.